The van der Waals surface area contributed by atoms with E-state index in [0.29, 0.717) is 28.6 Å². The Bertz CT molecular complexity index is 1100. The lowest BCUT2D eigenvalue weighted by molar-refractivity contribution is 0.655. The fourth-order valence-electron chi connectivity index (χ4n) is 3.03. The standard InChI is InChI=1S/C20H17ClN4O/c21-16-10-4-9-15(12-16)18-23-19-17(20(26)24-18)25(13-22-19)11-5-8-14-6-2-1-3-7-14/h1-4,6-7,9-10,12-13H,5,8,11H2,(H,23,24,26). The van der Waals surface area contributed by atoms with Crippen LogP contribution in [0.2, 0.25) is 5.02 Å². The van der Waals surface area contributed by atoms with E-state index in [2.05, 4.69) is 27.1 Å². The monoisotopic (exact) mass is 364 g/mol. The molecule has 0 saturated carbocycles. The van der Waals surface area contributed by atoms with Crippen molar-refractivity contribution >= 4 is 22.8 Å². The first-order valence-electron chi connectivity index (χ1n) is 8.46. The molecule has 2 heterocycles. The van der Waals surface area contributed by atoms with E-state index in [1.165, 1.54) is 5.56 Å². The molecule has 0 bridgehead atoms. The van der Waals surface area contributed by atoms with Gasteiger partial charge in [-0.15, -0.1) is 0 Å². The lowest BCUT2D eigenvalue weighted by Crippen LogP contribution is -2.13. The van der Waals surface area contributed by atoms with Crippen LogP contribution in [0.15, 0.2) is 65.7 Å². The summed E-state index contributed by atoms with van der Waals surface area (Å²) < 4.78 is 1.87. The molecule has 2 aromatic carbocycles. The van der Waals surface area contributed by atoms with Gasteiger partial charge in [-0.1, -0.05) is 54.1 Å². The Morgan fingerprint density at radius 2 is 1.92 bits per heavy atom. The van der Waals surface area contributed by atoms with Gasteiger partial charge in [0.05, 0.1) is 6.33 Å². The fraction of sp³-hybridized carbons (Fsp3) is 0.150. The van der Waals surface area contributed by atoms with Crippen molar-refractivity contribution in [2.75, 3.05) is 0 Å². The van der Waals surface area contributed by atoms with Crippen molar-refractivity contribution in [3.8, 4) is 11.4 Å². The second-order valence-corrected chi connectivity index (χ2v) is 6.56. The van der Waals surface area contributed by atoms with E-state index in [4.69, 9.17) is 11.6 Å². The van der Waals surface area contributed by atoms with Crippen LogP contribution < -0.4 is 5.56 Å². The summed E-state index contributed by atoms with van der Waals surface area (Å²) in [4.78, 5) is 24.2. The average Bonchev–Trinajstić information content (AvgIpc) is 3.06. The molecule has 4 rings (SSSR count). The Labute approximate surface area is 155 Å². The third kappa shape index (κ3) is 3.39. The molecule has 4 aromatic rings. The topological polar surface area (TPSA) is 63.6 Å². The van der Waals surface area contributed by atoms with Gasteiger partial charge in [-0.25, -0.2) is 9.97 Å². The molecule has 0 amide bonds. The molecule has 5 nitrogen and oxygen atoms in total. The number of rotatable bonds is 5. The number of halogens is 1. The van der Waals surface area contributed by atoms with Gasteiger partial charge >= 0.3 is 0 Å². The summed E-state index contributed by atoms with van der Waals surface area (Å²) in [5.74, 6) is 0.472. The van der Waals surface area contributed by atoms with Crippen molar-refractivity contribution in [1.29, 1.82) is 0 Å². The molecule has 130 valence electrons. The highest BCUT2D eigenvalue weighted by Gasteiger charge is 2.11. The Hall–Kier alpha value is -2.92. The van der Waals surface area contributed by atoms with E-state index in [1.807, 2.05) is 34.9 Å². The lowest BCUT2D eigenvalue weighted by Gasteiger charge is -2.05. The van der Waals surface area contributed by atoms with Crippen molar-refractivity contribution in [2.45, 2.75) is 19.4 Å². The third-order valence-electron chi connectivity index (χ3n) is 4.29. The molecule has 0 aliphatic rings. The van der Waals surface area contributed by atoms with Crippen LogP contribution in [0.4, 0.5) is 0 Å². The molecule has 0 spiro atoms. The largest absolute Gasteiger partial charge is 0.325 e. The lowest BCUT2D eigenvalue weighted by atomic mass is 10.1. The van der Waals surface area contributed by atoms with Crippen molar-refractivity contribution in [3.05, 3.63) is 81.9 Å². The Kier molecular flexibility index (Phi) is 4.54. The van der Waals surface area contributed by atoms with Crippen LogP contribution in [0.5, 0.6) is 0 Å². The molecule has 0 unspecified atom stereocenters. The van der Waals surface area contributed by atoms with E-state index in [0.717, 1.165) is 18.4 Å². The van der Waals surface area contributed by atoms with Gasteiger partial charge in [0.25, 0.3) is 5.56 Å². The summed E-state index contributed by atoms with van der Waals surface area (Å²) in [6.07, 6.45) is 3.55. The van der Waals surface area contributed by atoms with Crippen molar-refractivity contribution in [1.82, 2.24) is 19.5 Å². The Morgan fingerprint density at radius 1 is 1.08 bits per heavy atom. The van der Waals surface area contributed by atoms with Gasteiger partial charge in [0.2, 0.25) is 0 Å². The molecule has 0 atom stereocenters. The number of hydrogen-bond donors (Lipinski definition) is 1. The zero-order valence-electron chi connectivity index (χ0n) is 14.0. The summed E-state index contributed by atoms with van der Waals surface area (Å²) >= 11 is 6.03. The molecule has 0 aliphatic carbocycles. The molecular formula is C20H17ClN4O. The van der Waals surface area contributed by atoms with E-state index in [9.17, 15) is 4.79 Å². The fourth-order valence-corrected chi connectivity index (χ4v) is 3.22. The summed E-state index contributed by atoms with van der Waals surface area (Å²) in [5, 5.41) is 0.594. The van der Waals surface area contributed by atoms with Gasteiger partial charge in [-0.3, -0.25) is 4.79 Å². The molecule has 0 fully saturated rings. The molecule has 6 heteroatoms. The number of H-pyrrole nitrogens is 1. The van der Waals surface area contributed by atoms with Crippen LogP contribution in [-0.2, 0) is 13.0 Å². The number of nitrogens with one attached hydrogen (secondary N) is 1. The zero-order chi connectivity index (χ0) is 17.9. The van der Waals surface area contributed by atoms with Gasteiger partial charge in [0.15, 0.2) is 11.2 Å². The number of hydrogen-bond acceptors (Lipinski definition) is 3. The first kappa shape index (κ1) is 16.5. The SMILES string of the molecule is O=c1[nH]c(-c2cccc(Cl)c2)nc2ncn(CCCc3ccccc3)c12. The molecular weight excluding hydrogens is 348 g/mol. The second kappa shape index (κ2) is 7.14. The zero-order valence-corrected chi connectivity index (χ0v) is 14.8. The highest BCUT2D eigenvalue weighted by atomic mass is 35.5. The number of benzene rings is 2. The minimum Gasteiger partial charge on any atom is -0.325 e. The number of fused-ring (bicyclic) bond motifs is 1. The average molecular weight is 365 g/mol. The number of imidazole rings is 1. The quantitative estimate of drug-likeness (QED) is 0.580. The first-order chi connectivity index (χ1) is 12.7. The minimum absolute atomic E-state index is 0.192. The molecule has 0 saturated heterocycles. The van der Waals surface area contributed by atoms with E-state index in [1.54, 1.807) is 18.5 Å². The van der Waals surface area contributed by atoms with Crippen LogP contribution in [-0.4, -0.2) is 19.5 Å². The smallest absolute Gasteiger partial charge is 0.277 e. The second-order valence-electron chi connectivity index (χ2n) is 6.12. The highest BCUT2D eigenvalue weighted by Crippen LogP contribution is 2.20. The van der Waals surface area contributed by atoms with Crippen molar-refractivity contribution in [3.63, 3.8) is 0 Å². The molecule has 2 aromatic heterocycles. The number of aromatic nitrogens is 4. The van der Waals surface area contributed by atoms with Gasteiger partial charge in [0, 0.05) is 17.1 Å². The third-order valence-corrected chi connectivity index (χ3v) is 4.52. The highest BCUT2D eigenvalue weighted by molar-refractivity contribution is 6.30. The van der Waals surface area contributed by atoms with Crippen LogP contribution in [0.1, 0.15) is 12.0 Å². The minimum atomic E-state index is -0.192. The van der Waals surface area contributed by atoms with E-state index >= 15 is 0 Å². The maximum absolute atomic E-state index is 12.6. The molecule has 26 heavy (non-hydrogen) atoms. The maximum atomic E-state index is 12.6. The van der Waals surface area contributed by atoms with Crippen LogP contribution in [0.3, 0.4) is 0 Å². The Morgan fingerprint density at radius 3 is 2.73 bits per heavy atom. The van der Waals surface area contributed by atoms with E-state index in [-0.39, 0.29) is 5.56 Å². The number of nitrogens with zero attached hydrogens (tertiary/aromatic N) is 3. The maximum Gasteiger partial charge on any atom is 0.277 e. The van der Waals surface area contributed by atoms with Gasteiger partial charge in [0.1, 0.15) is 5.82 Å². The summed E-state index contributed by atoms with van der Waals surface area (Å²) in [6.45, 7) is 0.715. The normalized spacial score (nSPS) is 11.1. The van der Waals surface area contributed by atoms with Gasteiger partial charge < -0.3 is 9.55 Å². The van der Waals surface area contributed by atoms with E-state index < -0.39 is 0 Å². The first-order valence-corrected chi connectivity index (χ1v) is 8.83. The Balaban J connectivity index is 1.59. The molecule has 0 aliphatic heterocycles. The summed E-state index contributed by atoms with van der Waals surface area (Å²) in [5.41, 5.74) is 2.80. The van der Waals surface area contributed by atoms with Crippen molar-refractivity contribution in [2.24, 2.45) is 0 Å². The van der Waals surface area contributed by atoms with Gasteiger partial charge in [-0.2, -0.15) is 0 Å². The molecule has 0 radical (unpaired) electrons. The number of aromatic amines is 1. The predicted octanol–water partition coefficient (Wildman–Crippen LogP) is 4.07. The summed E-state index contributed by atoms with van der Waals surface area (Å²) in [6, 6.07) is 17.5. The van der Waals surface area contributed by atoms with Crippen LogP contribution >= 0.6 is 11.6 Å². The number of aryl methyl sites for hydroxylation is 2. The van der Waals surface area contributed by atoms with Gasteiger partial charge in [-0.05, 0) is 30.5 Å². The van der Waals surface area contributed by atoms with Crippen LogP contribution in [0, 0.1) is 0 Å². The predicted molar refractivity (Wildman–Crippen MR) is 103 cm³/mol. The van der Waals surface area contributed by atoms with Crippen LogP contribution in [0.25, 0.3) is 22.6 Å². The summed E-state index contributed by atoms with van der Waals surface area (Å²) in [7, 11) is 0. The molecule has 1 N–H and O–H groups in total. The van der Waals surface area contributed by atoms with Crippen molar-refractivity contribution < 1.29 is 0 Å².